The summed E-state index contributed by atoms with van der Waals surface area (Å²) in [7, 11) is 4.78. The summed E-state index contributed by atoms with van der Waals surface area (Å²) in [6.45, 7) is 2.99. The highest BCUT2D eigenvalue weighted by atomic mass is 35.5. The maximum absolute atomic E-state index is 14.6. The van der Waals surface area contributed by atoms with E-state index in [1.54, 1.807) is 33.5 Å². The molecule has 0 aliphatic carbocycles. The van der Waals surface area contributed by atoms with Crippen LogP contribution in [0.5, 0.6) is 17.2 Å². The minimum Gasteiger partial charge on any atom is -0.493 e. The average Bonchev–Trinajstić information content (AvgIpc) is 3.26. The molecule has 0 amide bonds. The summed E-state index contributed by atoms with van der Waals surface area (Å²) < 4.78 is 31.0. The van der Waals surface area contributed by atoms with Gasteiger partial charge in [0.15, 0.2) is 11.5 Å². The van der Waals surface area contributed by atoms with Gasteiger partial charge in [-0.2, -0.15) is 0 Å². The smallest absolute Gasteiger partial charge is 0.203 e. The van der Waals surface area contributed by atoms with Crippen LogP contribution in [-0.2, 0) is 6.54 Å². The molecule has 3 rings (SSSR count). The molecule has 1 aliphatic heterocycles. The van der Waals surface area contributed by atoms with Crippen molar-refractivity contribution in [1.29, 1.82) is 0 Å². The van der Waals surface area contributed by atoms with Gasteiger partial charge in [-0.1, -0.05) is 23.7 Å². The van der Waals surface area contributed by atoms with Crippen molar-refractivity contribution >= 4 is 11.6 Å². The lowest BCUT2D eigenvalue weighted by Gasteiger charge is -2.29. The van der Waals surface area contributed by atoms with E-state index in [4.69, 9.17) is 25.8 Å². The maximum atomic E-state index is 14.6. The maximum Gasteiger partial charge on any atom is 0.203 e. The second-order valence-corrected chi connectivity index (χ2v) is 7.43. The summed E-state index contributed by atoms with van der Waals surface area (Å²) in [6.07, 6.45) is 2.23. The molecule has 1 saturated heterocycles. The lowest BCUT2D eigenvalue weighted by atomic mass is 10.0. The average molecular weight is 423 g/mol. The minimum absolute atomic E-state index is 0.127. The van der Waals surface area contributed by atoms with Gasteiger partial charge in [-0.05, 0) is 44.1 Å². The van der Waals surface area contributed by atoms with Crippen LogP contribution in [0, 0.1) is 5.82 Å². The van der Waals surface area contributed by atoms with Crippen LogP contribution in [0.25, 0.3) is 0 Å². The zero-order valence-electron chi connectivity index (χ0n) is 17.1. The molecule has 2 aromatic carbocycles. The van der Waals surface area contributed by atoms with E-state index in [2.05, 4.69) is 10.2 Å². The molecule has 158 valence electrons. The van der Waals surface area contributed by atoms with Gasteiger partial charge in [-0.25, -0.2) is 4.39 Å². The summed E-state index contributed by atoms with van der Waals surface area (Å²) in [6, 6.07) is 8.53. The van der Waals surface area contributed by atoms with Crippen LogP contribution in [0.4, 0.5) is 4.39 Å². The van der Waals surface area contributed by atoms with Crippen molar-refractivity contribution in [3.63, 3.8) is 0 Å². The van der Waals surface area contributed by atoms with Crippen LogP contribution in [0.2, 0.25) is 5.02 Å². The van der Waals surface area contributed by atoms with Crippen LogP contribution in [-0.4, -0.2) is 45.9 Å². The molecule has 0 radical (unpaired) electrons. The van der Waals surface area contributed by atoms with Crippen LogP contribution < -0.4 is 19.5 Å². The van der Waals surface area contributed by atoms with Crippen molar-refractivity contribution in [1.82, 2.24) is 10.2 Å². The first-order valence-electron chi connectivity index (χ1n) is 9.77. The number of nitrogens with one attached hydrogen (secondary N) is 1. The number of ether oxygens (including phenoxy) is 3. The Balaban J connectivity index is 1.79. The number of methoxy groups -OCH3 is 3. The Bertz CT molecular complexity index is 808. The molecule has 0 spiro atoms. The van der Waals surface area contributed by atoms with Crippen LogP contribution in [0.1, 0.15) is 30.0 Å². The Labute approximate surface area is 176 Å². The summed E-state index contributed by atoms with van der Waals surface area (Å²) in [5.74, 6) is 1.53. The van der Waals surface area contributed by atoms with E-state index in [0.717, 1.165) is 31.5 Å². The van der Waals surface area contributed by atoms with Crippen LogP contribution in [0.3, 0.4) is 0 Å². The van der Waals surface area contributed by atoms with Crippen molar-refractivity contribution in [2.24, 2.45) is 0 Å². The van der Waals surface area contributed by atoms with Gasteiger partial charge in [0.05, 0.1) is 27.4 Å². The Morgan fingerprint density at radius 2 is 1.76 bits per heavy atom. The van der Waals surface area contributed by atoms with Gasteiger partial charge in [-0.3, -0.25) is 4.90 Å². The van der Waals surface area contributed by atoms with Gasteiger partial charge in [-0.15, -0.1) is 0 Å². The van der Waals surface area contributed by atoms with Crippen molar-refractivity contribution < 1.29 is 18.6 Å². The molecule has 1 unspecified atom stereocenters. The summed E-state index contributed by atoms with van der Waals surface area (Å²) in [5.41, 5.74) is 1.49. The number of benzene rings is 2. The molecule has 1 N–H and O–H groups in total. The standard InChI is InChI=1S/C22H28ClFN2O3/c1-27-19-10-9-15(21(28-2)22(19)29-3)13-25-14-18(26-11-4-5-12-26)20-16(23)7-6-8-17(20)24/h6-10,18,25H,4-5,11-14H2,1-3H3. The minimum atomic E-state index is -0.264. The number of halogens is 2. The predicted octanol–water partition coefficient (Wildman–Crippen LogP) is 4.43. The topological polar surface area (TPSA) is 43.0 Å². The molecule has 2 aromatic rings. The number of hydrogen-bond donors (Lipinski definition) is 1. The summed E-state index contributed by atoms with van der Waals surface area (Å²) >= 11 is 6.37. The Morgan fingerprint density at radius 3 is 2.38 bits per heavy atom. The second-order valence-electron chi connectivity index (χ2n) is 7.02. The predicted molar refractivity (Wildman–Crippen MR) is 113 cm³/mol. The fraction of sp³-hybridized carbons (Fsp3) is 0.455. The quantitative estimate of drug-likeness (QED) is 0.647. The van der Waals surface area contributed by atoms with E-state index >= 15 is 0 Å². The van der Waals surface area contributed by atoms with Crippen molar-refractivity contribution in [2.45, 2.75) is 25.4 Å². The number of likely N-dealkylation sites (tertiary alicyclic amines) is 1. The van der Waals surface area contributed by atoms with Crippen LogP contribution in [0.15, 0.2) is 30.3 Å². The van der Waals surface area contributed by atoms with Gasteiger partial charge in [0.25, 0.3) is 0 Å². The number of rotatable bonds is 9. The third-order valence-corrected chi connectivity index (χ3v) is 5.68. The summed E-state index contributed by atoms with van der Waals surface area (Å²) in [5, 5.41) is 3.92. The molecule has 1 aliphatic rings. The highest BCUT2D eigenvalue weighted by molar-refractivity contribution is 6.31. The molecular formula is C22H28ClFN2O3. The van der Waals surface area contributed by atoms with Gasteiger partial charge in [0.2, 0.25) is 5.75 Å². The van der Waals surface area contributed by atoms with Crippen molar-refractivity contribution in [3.05, 3.63) is 52.3 Å². The molecule has 7 heteroatoms. The fourth-order valence-electron chi connectivity index (χ4n) is 3.94. The largest absolute Gasteiger partial charge is 0.493 e. The Hall–Kier alpha value is -2.02. The molecule has 5 nitrogen and oxygen atoms in total. The first kappa shape index (κ1) is 21.7. The molecule has 29 heavy (non-hydrogen) atoms. The molecular weight excluding hydrogens is 395 g/mol. The Morgan fingerprint density at radius 1 is 1.03 bits per heavy atom. The zero-order chi connectivity index (χ0) is 20.8. The molecule has 1 atom stereocenters. The van der Waals surface area contributed by atoms with E-state index in [-0.39, 0.29) is 11.9 Å². The van der Waals surface area contributed by atoms with Crippen molar-refractivity contribution in [2.75, 3.05) is 41.0 Å². The van der Waals surface area contributed by atoms with Gasteiger partial charge in [0.1, 0.15) is 5.82 Å². The highest BCUT2D eigenvalue weighted by Gasteiger charge is 2.27. The van der Waals surface area contributed by atoms with Gasteiger partial charge < -0.3 is 19.5 Å². The zero-order valence-corrected chi connectivity index (χ0v) is 17.9. The summed E-state index contributed by atoms with van der Waals surface area (Å²) in [4.78, 5) is 2.29. The third kappa shape index (κ3) is 4.77. The van der Waals surface area contributed by atoms with Gasteiger partial charge >= 0.3 is 0 Å². The SMILES string of the molecule is COc1ccc(CNCC(c2c(F)cccc2Cl)N2CCCC2)c(OC)c1OC. The lowest BCUT2D eigenvalue weighted by molar-refractivity contribution is 0.233. The second kappa shape index (κ2) is 10.1. The molecule has 0 saturated carbocycles. The van der Waals surface area contributed by atoms with Crippen LogP contribution >= 0.6 is 11.6 Å². The van der Waals surface area contributed by atoms with Crippen molar-refractivity contribution in [3.8, 4) is 17.2 Å². The first-order chi connectivity index (χ1) is 14.1. The van der Waals surface area contributed by atoms with E-state index in [1.807, 2.05) is 12.1 Å². The lowest BCUT2D eigenvalue weighted by Crippen LogP contribution is -2.34. The van der Waals surface area contributed by atoms with E-state index in [0.29, 0.717) is 40.9 Å². The normalized spacial score (nSPS) is 15.3. The molecule has 0 bridgehead atoms. The van der Waals surface area contributed by atoms with E-state index in [9.17, 15) is 4.39 Å². The van der Waals surface area contributed by atoms with E-state index in [1.165, 1.54) is 6.07 Å². The number of hydrogen-bond acceptors (Lipinski definition) is 5. The number of nitrogens with zero attached hydrogens (tertiary/aromatic N) is 1. The highest BCUT2D eigenvalue weighted by Crippen LogP contribution is 2.40. The molecule has 0 aromatic heterocycles. The molecule has 1 heterocycles. The molecule has 1 fully saturated rings. The van der Waals surface area contributed by atoms with Gasteiger partial charge in [0, 0.05) is 29.2 Å². The third-order valence-electron chi connectivity index (χ3n) is 5.35. The fourth-order valence-corrected chi connectivity index (χ4v) is 4.23. The van der Waals surface area contributed by atoms with E-state index < -0.39 is 0 Å². The Kier molecular flexibility index (Phi) is 7.58. The monoisotopic (exact) mass is 422 g/mol. The first-order valence-corrected chi connectivity index (χ1v) is 10.1.